The van der Waals surface area contributed by atoms with Crippen molar-refractivity contribution in [2.45, 2.75) is 4.90 Å². The molecule has 5 nitrogen and oxygen atoms in total. The van der Waals surface area contributed by atoms with Crippen molar-refractivity contribution in [3.05, 3.63) is 42.5 Å². The van der Waals surface area contributed by atoms with Crippen LogP contribution in [-0.4, -0.2) is 52.7 Å². The minimum Gasteiger partial charge on any atom is -0.379 e. The van der Waals surface area contributed by atoms with E-state index in [1.807, 2.05) is 30.3 Å². The van der Waals surface area contributed by atoms with Gasteiger partial charge >= 0.3 is 0 Å². The van der Waals surface area contributed by atoms with Crippen LogP contribution in [0.1, 0.15) is 0 Å². The lowest BCUT2D eigenvalue weighted by Gasteiger charge is -2.26. The fraction of sp³-hybridized carbons (Fsp3) is 0.375. The van der Waals surface area contributed by atoms with Crippen LogP contribution in [0.15, 0.2) is 47.4 Å². The summed E-state index contributed by atoms with van der Waals surface area (Å²) in [6.45, 7) is 4.27. The maximum Gasteiger partial charge on any atom is 0.240 e. The molecule has 23 heavy (non-hydrogen) atoms. The molecule has 0 amide bonds. The summed E-state index contributed by atoms with van der Waals surface area (Å²) < 4.78 is 32.7. The van der Waals surface area contributed by atoms with Crippen molar-refractivity contribution in [2.24, 2.45) is 0 Å². The summed E-state index contributed by atoms with van der Waals surface area (Å²) in [6, 6.07) is 12.9. The van der Waals surface area contributed by atoms with Gasteiger partial charge in [-0.05, 0) is 22.9 Å². The average molecular weight is 357 g/mol. The lowest BCUT2D eigenvalue weighted by Crippen LogP contribution is -2.41. The molecule has 2 aromatic rings. The number of benzene rings is 2. The number of sulfonamides is 1. The lowest BCUT2D eigenvalue weighted by atomic mass is 10.1. The minimum absolute atomic E-state index is 0. The molecule has 1 fully saturated rings. The summed E-state index contributed by atoms with van der Waals surface area (Å²) in [5.41, 5.74) is 0. The van der Waals surface area contributed by atoms with Gasteiger partial charge in [0.1, 0.15) is 0 Å². The molecular formula is C16H21ClN2O3S. The molecule has 0 unspecified atom stereocenters. The highest BCUT2D eigenvalue weighted by atomic mass is 35.5. The maximum atomic E-state index is 12.4. The Balaban J connectivity index is 0.00000192. The molecule has 1 N–H and O–H groups in total. The van der Waals surface area contributed by atoms with Gasteiger partial charge in [0, 0.05) is 26.2 Å². The Kier molecular flexibility index (Phi) is 6.38. The fourth-order valence-corrected chi connectivity index (χ4v) is 3.64. The maximum absolute atomic E-state index is 12.4. The van der Waals surface area contributed by atoms with E-state index in [9.17, 15) is 8.42 Å². The molecule has 0 spiro atoms. The molecule has 0 aromatic heterocycles. The Labute approximate surface area is 143 Å². The highest BCUT2D eigenvalue weighted by molar-refractivity contribution is 7.89. The molecule has 1 aliphatic heterocycles. The molecule has 0 aliphatic carbocycles. The van der Waals surface area contributed by atoms with Crippen molar-refractivity contribution >= 4 is 33.2 Å². The predicted octanol–water partition coefficient (Wildman–Crippen LogP) is 1.87. The van der Waals surface area contributed by atoms with Gasteiger partial charge in [-0.1, -0.05) is 30.3 Å². The molecular weight excluding hydrogens is 336 g/mol. The summed E-state index contributed by atoms with van der Waals surface area (Å²) in [6.07, 6.45) is 0. The van der Waals surface area contributed by atoms with Crippen molar-refractivity contribution in [3.8, 4) is 0 Å². The third-order valence-corrected chi connectivity index (χ3v) is 5.31. The molecule has 0 radical (unpaired) electrons. The van der Waals surface area contributed by atoms with Gasteiger partial charge in [-0.15, -0.1) is 12.4 Å². The van der Waals surface area contributed by atoms with E-state index >= 15 is 0 Å². The fourth-order valence-electron chi connectivity index (χ4n) is 2.58. The Hall–Kier alpha value is -1.18. The highest BCUT2D eigenvalue weighted by Gasteiger charge is 2.15. The van der Waals surface area contributed by atoms with E-state index in [-0.39, 0.29) is 12.4 Å². The van der Waals surface area contributed by atoms with Gasteiger partial charge < -0.3 is 4.74 Å². The van der Waals surface area contributed by atoms with E-state index in [4.69, 9.17) is 4.74 Å². The normalized spacial score (nSPS) is 16.2. The number of hydrogen-bond acceptors (Lipinski definition) is 4. The predicted molar refractivity (Wildman–Crippen MR) is 93.6 cm³/mol. The van der Waals surface area contributed by atoms with E-state index < -0.39 is 10.0 Å². The van der Waals surface area contributed by atoms with Crippen LogP contribution in [0.3, 0.4) is 0 Å². The molecule has 1 aliphatic rings. The Bertz CT molecular complexity index is 746. The van der Waals surface area contributed by atoms with Gasteiger partial charge in [0.05, 0.1) is 18.1 Å². The zero-order chi connectivity index (χ0) is 15.4. The Morgan fingerprint density at radius 2 is 1.74 bits per heavy atom. The van der Waals surface area contributed by atoms with E-state index in [1.54, 1.807) is 12.1 Å². The van der Waals surface area contributed by atoms with Crippen molar-refractivity contribution in [3.63, 3.8) is 0 Å². The smallest absolute Gasteiger partial charge is 0.240 e. The quantitative estimate of drug-likeness (QED) is 0.888. The summed E-state index contributed by atoms with van der Waals surface area (Å²) >= 11 is 0. The molecule has 7 heteroatoms. The summed E-state index contributed by atoms with van der Waals surface area (Å²) in [5, 5.41) is 1.97. The Morgan fingerprint density at radius 3 is 2.48 bits per heavy atom. The summed E-state index contributed by atoms with van der Waals surface area (Å²) in [5.74, 6) is 0. The zero-order valence-corrected chi connectivity index (χ0v) is 14.4. The van der Waals surface area contributed by atoms with Crippen LogP contribution in [-0.2, 0) is 14.8 Å². The van der Waals surface area contributed by atoms with E-state index in [2.05, 4.69) is 9.62 Å². The molecule has 1 saturated heterocycles. The Morgan fingerprint density at radius 1 is 1.04 bits per heavy atom. The third kappa shape index (κ3) is 4.65. The standard InChI is InChI=1S/C16H20N2O3S.ClH/c19-22(20,17-7-8-18-9-11-21-12-10-18)16-6-5-14-3-1-2-4-15(14)13-16;/h1-6,13,17H,7-12H2;1H. The number of fused-ring (bicyclic) bond motifs is 1. The molecule has 126 valence electrons. The van der Waals surface area contributed by atoms with Gasteiger partial charge in [0.25, 0.3) is 0 Å². The second-order valence-corrected chi connectivity index (χ2v) is 7.13. The zero-order valence-electron chi connectivity index (χ0n) is 12.8. The second-order valence-electron chi connectivity index (χ2n) is 5.36. The van der Waals surface area contributed by atoms with Gasteiger partial charge in [0.2, 0.25) is 10.0 Å². The third-order valence-electron chi connectivity index (χ3n) is 3.86. The summed E-state index contributed by atoms with van der Waals surface area (Å²) in [4.78, 5) is 2.51. The monoisotopic (exact) mass is 356 g/mol. The van der Waals surface area contributed by atoms with Gasteiger partial charge in [-0.3, -0.25) is 4.90 Å². The van der Waals surface area contributed by atoms with Crippen molar-refractivity contribution < 1.29 is 13.2 Å². The van der Waals surface area contributed by atoms with Crippen LogP contribution in [0.25, 0.3) is 10.8 Å². The van der Waals surface area contributed by atoms with Gasteiger partial charge in [0.15, 0.2) is 0 Å². The van der Waals surface area contributed by atoms with E-state index in [1.165, 1.54) is 0 Å². The molecule has 3 rings (SSSR count). The first-order valence-corrected chi connectivity index (χ1v) is 8.92. The molecule has 2 aromatic carbocycles. The van der Waals surface area contributed by atoms with Crippen LogP contribution >= 0.6 is 12.4 Å². The van der Waals surface area contributed by atoms with E-state index in [0.29, 0.717) is 18.0 Å². The number of hydrogen-bond donors (Lipinski definition) is 1. The highest BCUT2D eigenvalue weighted by Crippen LogP contribution is 2.18. The van der Waals surface area contributed by atoms with Crippen molar-refractivity contribution in [1.29, 1.82) is 0 Å². The largest absolute Gasteiger partial charge is 0.379 e. The van der Waals surface area contributed by atoms with Crippen LogP contribution in [0.2, 0.25) is 0 Å². The number of nitrogens with one attached hydrogen (secondary N) is 1. The number of nitrogens with zero attached hydrogens (tertiary/aromatic N) is 1. The second kappa shape index (κ2) is 8.08. The van der Waals surface area contributed by atoms with Gasteiger partial charge in [-0.2, -0.15) is 0 Å². The number of halogens is 1. The number of morpholine rings is 1. The molecule has 1 heterocycles. The summed E-state index contributed by atoms with van der Waals surface area (Å²) in [7, 11) is -3.46. The first kappa shape index (κ1) is 18.2. The topological polar surface area (TPSA) is 58.6 Å². The van der Waals surface area contributed by atoms with Crippen molar-refractivity contribution in [1.82, 2.24) is 9.62 Å². The van der Waals surface area contributed by atoms with Crippen LogP contribution < -0.4 is 4.72 Å². The van der Waals surface area contributed by atoms with E-state index in [0.717, 1.165) is 37.1 Å². The average Bonchev–Trinajstić information content (AvgIpc) is 2.55. The lowest BCUT2D eigenvalue weighted by molar-refractivity contribution is 0.0390. The van der Waals surface area contributed by atoms with Gasteiger partial charge in [-0.25, -0.2) is 13.1 Å². The molecule has 0 saturated carbocycles. The van der Waals surface area contributed by atoms with Crippen LogP contribution in [0.5, 0.6) is 0 Å². The number of rotatable bonds is 5. The minimum atomic E-state index is -3.46. The van der Waals surface area contributed by atoms with Crippen LogP contribution in [0, 0.1) is 0 Å². The molecule has 0 atom stereocenters. The number of ether oxygens (including phenoxy) is 1. The van der Waals surface area contributed by atoms with Crippen molar-refractivity contribution in [2.75, 3.05) is 39.4 Å². The first-order chi connectivity index (χ1) is 10.6. The first-order valence-electron chi connectivity index (χ1n) is 7.44. The SMILES string of the molecule is Cl.O=S(=O)(NCCN1CCOCC1)c1ccc2ccccc2c1. The van der Waals surface area contributed by atoms with Crippen LogP contribution in [0.4, 0.5) is 0 Å². The molecule has 0 bridgehead atoms.